The van der Waals surface area contributed by atoms with Gasteiger partial charge in [-0.2, -0.15) is 0 Å². The lowest BCUT2D eigenvalue weighted by Gasteiger charge is -2.18. The van der Waals surface area contributed by atoms with Gasteiger partial charge in [0.25, 0.3) is 0 Å². The molecule has 0 aliphatic carbocycles. The van der Waals surface area contributed by atoms with Crippen LogP contribution in [0.4, 0.5) is 0 Å². The molecule has 0 bridgehead atoms. The molecule has 2 amide bonds. The molecule has 0 unspecified atom stereocenters. The summed E-state index contributed by atoms with van der Waals surface area (Å²) in [5.41, 5.74) is 6.44. The first-order chi connectivity index (χ1) is 13.9. The maximum atomic E-state index is 12.1. The van der Waals surface area contributed by atoms with Gasteiger partial charge in [0.05, 0.1) is 10.9 Å². The molecule has 1 aromatic rings. The van der Waals surface area contributed by atoms with E-state index in [0.29, 0.717) is 6.42 Å². The Morgan fingerprint density at radius 1 is 1.45 bits per heavy atom. The van der Waals surface area contributed by atoms with Gasteiger partial charge in [-0.25, -0.2) is 0 Å². The molecule has 2 saturated heterocycles. The van der Waals surface area contributed by atoms with E-state index in [0.717, 1.165) is 55.8 Å². The van der Waals surface area contributed by atoms with Gasteiger partial charge in [-0.3, -0.25) is 14.5 Å². The van der Waals surface area contributed by atoms with Gasteiger partial charge in [0, 0.05) is 38.1 Å². The number of primary amides is 1. The van der Waals surface area contributed by atoms with Crippen LogP contribution in [0.25, 0.3) is 0 Å². The molecular weight excluding hydrogens is 436 g/mol. The molecule has 0 saturated carbocycles. The van der Waals surface area contributed by atoms with Gasteiger partial charge < -0.3 is 21.1 Å². The molecule has 2 fully saturated rings. The Hall–Kier alpha value is -1.64. The molecule has 8 heteroatoms. The summed E-state index contributed by atoms with van der Waals surface area (Å²) in [6.45, 7) is 6.21. The molecule has 29 heavy (non-hydrogen) atoms. The molecular formula is C21H30BrN4O3. The van der Waals surface area contributed by atoms with Gasteiger partial charge >= 0.3 is 0 Å². The Morgan fingerprint density at radius 2 is 2.28 bits per heavy atom. The van der Waals surface area contributed by atoms with Crippen LogP contribution in [0.1, 0.15) is 31.7 Å². The summed E-state index contributed by atoms with van der Waals surface area (Å²) >= 11 is 3.63. The average molecular weight is 466 g/mol. The third kappa shape index (κ3) is 6.69. The normalized spacial score (nSPS) is 23.1. The highest BCUT2D eigenvalue weighted by atomic mass is 79.9. The number of halogens is 1. The maximum Gasteiger partial charge on any atom is 0.224 e. The van der Waals surface area contributed by atoms with E-state index in [9.17, 15) is 9.59 Å². The van der Waals surface area contributed by atoms with Crippen LogP contribution >= 0.6 is 15.9 Å². The summed E-state index contributed by atoms with van der Waals surface area (Å²) in [5.74, 6) is 0.0464. The Bertz CT molecular complexity index is 724. The van der Waals surface area contributed by atoms with Crippen molar-refractivity contribution in [1.82, 2.24) is 15.5 Å². The molecule has 0 aromatic heterocycles. The van der Waals surface area contributed by atoms with Crippen molar-refractivity contribution in [2.75, 3.05) is 26.2 Å². The van der Waals surface area contributed by atoms with Crippen molar-refractivity contribution < 1.29 is 14.3 Å². The largest absolute Gasteiger partial charge is 0.488 e. The predicted octanol–water partition coefficient (Wildman–Crippen LogP) is 1.60. The van der Waals surface area contributed by atoms with Crippen molar-refractivity contribution in [3.8, 4) is 5.75 Å². The van der Waals surface area contributed by atoms with Gasteiger partial charge in [0.15, 0.2) is 0 Å². The van der Waals surface area contributed by atoms with E-state index in [1.54, 1.807) is 6.92 Å². The summed E-state index contributed by atoms with van der Waals surface area (Å²) in [6.07, 6.45) is 4.09. The van der Waals surface area contributed by atoms with Crippen molar-refractivity contribution in [3.63, 3.8) is 0 Å². The number of hydrogen-bond donors (Lipinski definition) is 3. The molecule has 1 aromatic carbocycles. The molecule has 3 atom stereocenters. The summed E-state index contributed by atoms with van der Waals surface area (Å²) < 4.78 is 7.02. The van der Waals surface area contributed by atoms with Crippen LogP contribution in [0.5, 0.6) is 5.75 Å². The zero-order chi connectivity index (χ0) is 20.8. The Labute approximate surface area is 180 Å². The first-order valence-electron chi connectivity index (χ1n) is 10.2. The maximum absolute atomic E-state index is 12.1. The lowest BCUT2D eigenvalue weighted by Crippen LogP contribution is -2.37. The number of benzene rings is 1. The van der Waals surface area contributed by atoms with Crippen molar-refractivity contribution in [1.29, 1.82) is 0 Å². The minimum Gasteiger partial charge on any atom is -0.488 e. The number of nitrogens with two attached hydrogens (primary N) is 1. The van der Waals surface area contributed by atoms with Crippen LogP contribution in [-0.2, 0) is 16.1 Å². The van der Waals surface area contributed by atoms with Gasteiger partial charge in [0.1, 0.15) is 11.9 Å². The second-order valence-electron chi connectivity index (χ2n) is 7.97. The fourth-order valence-corrected chi connectivity index (χ4v) is 4.18. The molecule has 7 nitrogen and oxygen atoms in total. The molecule has 2 aliphatic heterocycles. The van der Waals surface area contributed by atoms with Crippen LogP contribution < -0.4 is 21.1 Å². The first kappa shape index (κ1) is 22.1. The Balaban J connectivity index is 1.43. The van der Waals surface area contributed by atoms with E-state index >= 15 is 0 Å². The van der Waals surface area contributed by atoms with Gasteiger partial charge in [-0.05, 0) is 59.4 Å². The summed E-state index contributed by atoms with van der Waals surface area (Å²) in [4.78, 5) is 25.4. The molecule has 4 N–H and O–H groups in total. The minimum absolute atomic E-state index is 0.128. The standard InChI is InChI=1S/C21H30BrN4O3/c1-14(21(23)28)2-5-20(27)25-16-7-9-26(13-16)12-15-3-4-19(18(22)10-15)29-17-6-8-24-11-17/h3-5,10,14,16-17,24H,2,6-9,11-13H2,1H3,(H2,23,28)(H,25,27)/t14-,16-,17+/m0/s1. The molecule has 3 rings (SSSR count). The monoisotopic (exact) mass is 465 g/mol. The number of rotatable bonds is 9. The van der Waals surface area contributed by atoms with E-state index < -0.39 is 0 Å². The minimum atomic E-state index is -0.386. The van der Waals surface area contributed by atoms with E-state index in [4.69, 9.17) is 10.5 Å². The van der Waals surface area contributed by atoms with E-state index in [2.05, 4.69) is 43.6 Å². The third-order valence-electron chi connectivity index (χ3n) is 5.47. The molecule has 1 radical (unpaired) electrons. The second-order valence-corrected chi connectivity index (χ2v) is 8.82. The van der Waals surface area contributed by atoms with Gasteiger partial charge in [-0.15, -0.1) is 0 Å². The number of nitrogens with one attached hydrogen (secondary N) is 2. The first-order valence-corrected chi connectivity index (χ1v) is 11.0. The molecule has 0 spiro atoms. The quantitative estimate of drug-likeness (QED) is 0.514. The number of hydrogen-bond acceptors (Lipinski definition) is 5. The topological polar surface area (TPSA) is 96.7 Å². The van der Waals surface area contributed by atoms with Crippen molar-refractivity contribution >= 4 is 27.7 Å². The van der Waals surface area contributed by atoms with Gasteiger partial charge in [-0.1, -0.05) is 13.0 Å². The number of carbonyl (C=O) groups excluding carboxylic acids is 2. The smallest absolute Gasteiger partial charge is 0.224 e. The van der Waals surface area contributed by atoms with Crippen LogP contribution in [-0.4, -0.2) is 55.0 Å². The Kier molecular flexibility index (Phi) is 7.91. The summed E-state index contributed by atoms with van der Waals surface area (Å²) in [7, 11) is 0. The number of nitrogens with zero attached hydrogens (tertiary/aromatic N) is 1. The predicted molar refractivity (Wildman–Crippen MR) is 115 cm³/mol. The average Bonchev–Trinajstić information content (AvgIpc) is 3.34. The number of carbonyl (C=O) groups is 2. The van der Waals surface area contributed by atoms with Crippen LogP contribution in [0, 0.1) is 12.3 Å². The van der Waals surface area contributed by atoms with E-state index in [-0.39, 0.29) is 29.9 Å². The molecule has 159 valence electrons. The van der Waals surface area contributed by atoms with Crippen molar-refractivity contribution in [2.24, 2.45) is 11.7 Å². The lowest BCUT2D eigenvalue weighted by molar-refractivity contribution is -0.121. The lowest BCUT2D eigenvalue weighted by atomic mass is 10.0. The third-order valence-corrected chi connectivity index (χ3v) is 6.09. The number of likely N-dealkylation sites (tertiary alicyclic amines) is 1. The fourth-order valence-electron chi connectivity index (χ4n) is 3.66. The number of amides is 2. The highest BCUT2D eigenvalue weighted by Gasteiger charge is 2.24. The second kappa shape index (κ2) is 10.4. The zero-order valence-electron chi connectivity index (χ0n) is 16.8. The Morgan fingerprint density at radius 3 is 2.97 bits per heavy atom. The highest BCUT2D eigenvalue weighted by molar-refractivity contribution is 9.10. The molecule has 2 aliphatic rings. The van der Waals surface area contributed by atoms with Crippen molar-refractivity contribution in [2.45, 2.75) is 44.9 Å². The van der Waals surface area contributed by atoms with Crippen LogP contribution in [0.3, 0.4) is 0 Å². The van der Waals surface area contributed by atoms with E-state index in [1.165, 1.54) is 12.0 Å². The SMILES string of the molecule is C[C@@H](C[CH]C(=O)N[C@H]1CCN(Cc2ccc(O[C@@H]3CCNC3)c(Br)c2)C1)C(N)=O. The summed E-state index contributed by atoms with van der Waals surface area (Å²) in [5, 5.41) is 6.33. The van der Waals surface area contributed by atoms with Gasteiger partial charge in [0.2, 0.25) is 11.8 Å². The molecule has 2 heterocycles. The number of ether oxygens (including phenoxy) is 1. The summed E-state index contributed by atoms with van der Waals surface area (Å²) in [6, 6.07) is 6.38. The van der Waals surface area contributed by atoms with E-state index in [1.807, 2.05) is 6.07 Å². The highest BCUT2D eigenvalue weighted by Crippen LogP contribution is 2.28. The van der Waals surface area contributed by atoms with Crippen molar-refractivity contribution in [3.05, 3.63) is 34.7 Å². The van der Waals surface area contributed by atoms with Crippen LogP contribution in [0.2, 0.25) is 0 Å². The van der Waals surface area contributed by atoms with Crippen LogP contribution in [0.15, 0.2) is 22.7 Å². The zero-order valence-corrected chi connectivity index (χ0v) is 18.4. The fraction of sp³-hybridized carbons (Fsp3) is 0.571.